The molecule has 1 heterocycles. The van der Waals surface area contributed by atoms with Crippen molar-refractivity contribution >= 4 is 11.0 Å². The second-order valence-electron chi connectivity index (χ2n) is 4.88. The number of rotatable bonds is 6. The van der Waals surface area contributed by atoms with Crippen LogP contribution in [0.4, 0.5) is 0 Å². The highest BCUT2D eigenvalue weighted by Crippen LogP contribution is 2.21. The molecule has 0 bridgehead atoms. The van der Waals surface area contributed by atoms with Gasteiger partial charge >= 0.3 is 0 Å². The van der Waals surface area contributed by atoms with Crippen LogP contribution in [0.2, 0.25) is 0 Å². The molecule has 1 N–H and O–H groups in total. The van der Waals surface area contributed by atoms with Crippen molar-refractivity contribution in [2.45, 2.75) is 51.7 Å². The number of hydrogen-bond donors (Lipinski definition) is 1. The van der Waals surface area contributed by atoms with E-state index in [0.717, 1.165) is 36.7 Å². The summed E-state index contributed by atoms with van der Waals surface area (Å²) in [6.07, 6.45) is 3.61. The summed E-state index contributed by atoms with van der Waals surface area (Å²) in [7, 11) is 0. The third-order valence-corrected chi connectivity index (χ3v) is 3.17. The minimum Gasteiger partial charge on any atom is -0.393 e. The fourth-order valence-electron chi connectivity index (χ4n) is 2.18. The Morgan fingerprint density at radius 1 is 1.11 bits per heavy atom. The van der Waals surface area contributed by atoms with Gasteiger partial charge in [-0.15, -0.1) is 0 Å². The number of hydrogen-bond acceptors (Lipinski definition) is 3. The molecule has 18 heavy (non-hydrogen) atoms. The smallest absolute Gasteiger partial charge is 0.113 e. The molecule has 0 aliphatic heterocycles. The topological polar surface area (TPSA) is 50.9 Å². The molecule has 0 radical (unpaired) electrons. The van der Waals surface area contributed by atoms with E-state index in [0.29, 0.717) is 0 Å². The average molecular weight is 247 g/mol. The first-order valence-electron chi connectivity index (χ1n) is 6.70. The Hall–Kier alpha value is -1.42. The van der Waals surface area contributed by atoms with Crippen LogP contribution in [0.1, 0.15) is 45.6 Å². The Morgan fingerprint density at radius 2 is 1.72 bits per heavy atom. The van der Waals surface area contributed by atoms with E-state index in [1.54, 1.807) is 0 Å². The molecule has 2 aromatic rings. The number of aliphatic hydroxyl groups excluding tert-OH is 1. The van der Waals surface area contributed by atoms with Gasteiger partial charge in [-0.1, -0.05) is 25.5 Å². The number of fused-ring (bicyclic) bond motifs is 1. The summed E-state index contributed by atoms with van der Waals surface area (Å²) in [5.74, 6) is 0. The Labute approximate surface area is 108 Å². The van der Waals surface area contributed by atoms with Crippen molar-refractivity contribution in [2.75, 3.05) is 0 Å². The Balaban J connectivity index is 2.18. The van der Waals surface area contributed by atoms with Crippen LogP contribution in [-0.4, -0.2) is 26.2 Å². The first-order valence-corrected chi connectivity index (χ1v) is 6.70. The lowest BCUT2D eigenvalue weighted by molar-refractivity contribution is 0.169. The summed E-state index contributed by atoms with van der Waals surface area (Å²) in [6, 6.07) is 8.21. The van der Waals surface area contributed by atoms with E-state index < -0.39 is 0 Å². The van der Waals surface area contributed by atoms with Gasteiger partial charge in [0.2, 0.25) is 0 Å². The lowest BCUT2D eigenvalue weighted by Crippen LogP contribution is -2.14. The van der Waals surface area contributed by atoms with E-state index in [1.807, 2.05) is 36.0 Å². The third kappa shape index (κ3) is 3.07. The van der Waals surface area contributed by atoms with Gasteiger partial charge in [-0.25, -0.2) is 0 Å². The number of aromatic nitrogens is 3. The van der Waals surface area contributed by atoms with E-state index >= 15 is 0 Å². The van der Waals surface area contributed by atoms with Crippen LogP contribution in [0.25, 0.3) is 11.0 Å². The highest BCUT2D eigenvalue weighted by molar-refractivity contribution is 5.72. The van der Waals surface area contributed by atoms with Crippen LogP contribution < -0.4 is 0 Å². The minimum atomic E-state index is -0.255. The van der Waals surface area contributed by atoms with Crippen LogP contribution >= 0.6 is 0 Å². The highest BCUT2D eigenvalue weighted by atomic mass is 16.3. The largest absolute Gasteiger partial charge is 0.393 e. The molecule has 0 saturated carbocycles. The molecule has 2 unspecified atom stereocenters. The molecular formula is C14H21N3O. The van der Waals surface area contributed by atoms with Gasteiger partial charge < -0.3 is 5.11 Å². The van der Waals surface area contributed by atoms with Crippen molar-refractivity contribution in [2.24, 2.45) is 0 Å². The van der Waals surface area contributed by atoms with E-state index in [4.69, 9.17) is 0 Å². The second-order valence-corrected chi connectivity index (χ2v) is 4.88. The van der Waals surface area contributed by atoms with Crippen molar-refractivity contribution in [3.05, 3.63) is 24.3 Å². The second kappa shape index (κ2) is 5.96. The molecule has 4 nitrogen and oxygen atoms in total. The molecule has 0 aliphatic carbocycles. The molecule has 4 heteroatoms. The summed E-state index contributed by atoms with van der Waals surface area (Å²) in [4.78, 5) is 1.83. The SMILES string of the molecule is CCCC(CCC(C)O)n1nc2ccccc2n1. The molecule has 0 amide bonds. The maximum absolute atomic E-state index is 9.41. The molecule has 1 aromatic heterocycles. The summed E-state index contributed by atoms with van der Waals surface area (Å²) >= 11 is 0. The van der Waals surface area contributed by atoms with Crippen LogP contribution in [0, 0.1) is 0 Å². The van der Waals surface area contributed by atoms with E-state index in [9.17, 15) is 5.11 Å². The van der Waals surface area contributed by atoms with E-state index in [2.05, 4.69) is 17.1 Å². The Bertz CT molecular complexity index is 459. The summed E-state index contributed by atoms with van der Waals surface area (Å²) in [5.41, 5.74) is 1.88. The van der Waals surface area contributed by atoms with Crippen molar-refractivity contribution in [1.82, 2.24) is 15.0 Å². The van der Waals surface area contributed by atoms with Gasteiger partial charge in [0.15, 0.2) is 0 Å². The normalized spacial score (nSPS) is 14.8. The van der Waals surface area contributed by atoms with Crippen LogP contribution in [0.15, 0.2) is 24.3 Å². The zero-order chi connectivity index (χ0) is 13.0. The van der Waals surface area contributed by atoms with Gasteiger partial charge in [0, 0.05) is 0 Å². The zero-order valence-electron chi connectivity index (χ0n) is 11.1. The average Bonchev–Trinajstić information content (AvgIpc) is 2.77. The van der Waals surface area contributed by atoms with Crippen LogP contribution in [-0.2, 0) is 0 Å². The summed E-state index contributed by atoms with van der Waals surface area (Å²) < 4.78 is 0. The van der Waals surface area contributed by atoms with Crippen molar-refractivity contribution < 1.29 is 5.11 Å². The van der Waals surface area contributed by atoms with E-state index in [1.165, 1.54) is 0 Å². The van der Waals surface area contributed by atoms with Crippen molar-refractivity contribution in [3.63, 3.8) is 0 Å². The van der Waals surface area contributed by atoms with Gasteiger partial charge in [0.1, 0.15) is 11.0 Å². The highest BCUT2D eigenvalue weighted by Gasteiger charge is 2.14. The maximum atomic E-state index is 9.41. The van der Waals surface area contributed by atoms with Gasteiger partial charge in [-0.05, 0) is 38.3 Å². The fraction of sp³-hybridized carbons (Fsp3) is 0.571. The monoisotopic (exact) mass is 247 g/mol. The van der Waals surface area contributed by atoms with Crippen molar-refractivity contribution in [3.8, 4) is 0 Å². The number of aliphatic hydroxyl groups is 1. The molecule has 0 saturated heterocycles. The molecule has 1 aromatic carbocycles. The first kappa shape index (κ1) is 13.0. The Morgan fingerprint density at radius 3 is 2.22 bits per heavy atom. The quantitative estimate of drug-likeness (QED) is 0.853. The van der Waals surface area contributed by atoms with Gasteiger partial charge in [-0.2, -0.15) is 15.0 Å². The van der Waals surface area contributed by atoms with Gasteiger partial charge in [0.05, 0.1) is 12.1 Å². The molecule has 0 aliphatic rings. The van der Waals surface area contributed by atoms with Gasteiger partial charge in [-0.3, -0.25) is 0 Å². The molecule has 2 atom stereocenters. The molecule has 0 fully saturated rings. The molecule has 0 spiro atoms. The van der Waals surface area contributed by atoms with Crippen molar-refractivity contribution in [1.29, 1.82) is 0 Å². The molecule has 2 rings (SSSR count). The number of nitrogens with zero attached hydrogens (tertiary/aromatic N) is 3. The van der Waals surface area contributed by atoms with Crippen LogP contribution in [0.5, 0.6) is 0 Å². The minimum absolute atomic E-state index is 0.255. The zero-order valence-corrected chi connectivity index (χ0v) is 11.1. The predicted octanol–water partition coefficient (Wildman–Crippen LogP) is 2.93. The Kier molecular flexibility index (Phi) is 4.31. The summed E-state index contributed by atoms with van der Waals surface area (Å²) in [6.45, 7) is 3.99. The maximum Gasteiger partial charge on any atom is 0.113 e. The molecular weight excluding hydrogens is 226 g/mol. The summed E-state index contributed by atoms with van der Waals surface area (Å²) in [5, 5.41) is 18.5. The molecule has 98 valence electrons. The lowest BCUT2D eigenvalue weighted by Gasteiger charge is -2.15. The fourth-order valence-corrected chi connectivity index (χ4v) is 2.18. The van der Waals surface area contributed by atoms with Gasteiger partial charge in [0.25, 0.3) is 0 Å². The predicted molar refractivity (Wildman–Crippen MR) is 72.4 cm³/mol. The lowest BCUT2D eigenvalue weighted by atomic mass is 10.1. The first-order chi connectivity index (χ1) is 8.70. The standard InChI is InChI=1S/C14H21N3O/c1-3-6-12(10-9-11(2)18)17-15-13-7-4-5-8-14(13)16-17/h4-5,7-8,11-12,18H,3,6,9-10H2,1-2H3. The van der Waals surface area contributed by atoms with E-state index in [-0.39, 0.29) is 12.1 Å². The van der Waals surface area contributed by atoms with Crippen LogP contribution in [0.3, 0.4) is 0 Å². The number of benzene rings is 1. The third-order valence-electron chi connectivity index (χ3n) is 3.17.